The summed E-state index contributed by atoms with van der Waals surface area (Å²) in [5, 5.41) is 10.3. The van der Waals surface area contributed by atoms with Crippen LogP contribution in [0.4, 0.5) is 0 Å². The van der Waals surface area contributed by atoms with Gasteiger partial charge in [-0.25, -0.2) is 0 Å². The van der Waals surface area contributed by atoms with Gasteiger partial charge in [0.25, 0.3) is 0 Å². The van der Waals surface area contributed by atoms with Crippen LogP contribution in [0.15, 0.2) is 12.1 Å². The van der Waals surface area contributed by atoms with Crippen molar-refractivity contribution < 1.29 is 19.3 Å². The molecule has 0 aliphatic carbocycles. The van der Waals surface area contributed by atoms with Crippen LogP contribution in [0.1, 0.15) is 5.56 Å². The van der Waals surface area contributed by atoms with Crippen LogP contribution in [0.5, 0.6) is 11.5 Å². The molecule has 0 saturated carbocycles. The van der Waals surface area contributed by atoms with Crippen molar-refractivity contribution in [3.63, 3.8) is 0 Å². The fraction of sp³-hybridized carbons (Fsp3) is 0.571. The van der Waals surface area contributed by atoms with Crippen LogP contribution in [-0.2, 0) is 11.3 Å². The molecule has 0 bridgehead atoms. The topological polar surface area (TPSA) is 51.2 Å². The molecule has 6 heteroatoms. The number of nitrogens with zero attached hydrogens (tertiary/aromatic N) is 1. The molecule has 0 fully saturated rings. The molecule has 0 aromatic heterocycles. The summed E-state index contributed by atoms with van der Waals surface area (Å²) in [4.78, 5) is 2.01. The summed E-state index contributed by atoms with van der Waals surface area (Å²) >= 11 is 6.19. The zero-order valence-electron chi connectivity index (χ0n) is 11.8. The lowest BCUT2D eigenvalue weighted by molar-refractivity contribution is 0.0418. The maximum atomic E-state index is 9.71. The quantitative estimate of drug-likeness (QED) is 0.864. The second-order valence-corrected chi connectivity index (χ2v) is 5.31. The molecule has 1 atom stereocenters. The van der Waals surface area contributed by atoms with E-state index >= 15 is 0 Å². The molecule has 20 heavy (non-hydrogen) atoms. The van der Waals surface area contributed by atoms with E-state index in [1.807, 2.05) is 24.1 Å². The Hall–Kier alpha value is -1.01. The molecule has 1 N–H and O–H groups in total. The van der Waals surface area contributed by atoms with Gasteiger partial charge in [0.05, 0.1) is 17.7 Å². The third kappa shape index (κ3) is 3.99. The molecule has 5 nitrogen and oxygen atoms in total. The Labute approximate surface area is 124 Å². The fourth-order valence-electron chi connectivity index (χ4n) is 2.24. The Balaban J connectivity index is 2.00. The number of methoxy groups -OCH3 is 1. The minimum absolute atomic E-state index is 0.326. The summed E-state index contributed by atoms with van der Waals surface area (Å²) in [7, 11) is 3.51. The molecule has 1 aliphatic rings. The van der Waals surface area contributed by atoms with E-state index in [1.54, 1.807) is 7.11 Å². The highest BCUT2D eigenvalue weighted by molar-refractivity contribution is 6.32. The summed E-state index contributed by atoms with van der Waals surface area (Å²) in [6.07, 6.45) is -0.502. The highest BCUT2D eigenvalue weighted by Crippen LogP contribution is 2.38. The van der Waals surface area contributed by atoms with Crippen molar-refractivity contribution in [1.29, 1.82) is 0 Å². The first-order valence-corrected chi connectivity index (χ1v) is 6.91. The average Bonchev–Trinajstić information content (AvgIpc) is 2.38. The van der Waals surface area contributed by atoms with Crippen LogP contribution in [-0.4, -0.2) is 56.6 Å². The normalized spacial score (nSPS) is 15.4. The van der Waals surface area contributed by atoms with Gasteiger partial charge in [0.1, 0.15) is 13.2 Å². The van der Waals surface area contributed by atoms with Crippen LogP contribution in [0, 0.1) is 0 Å². The van der Waals surface area contributed by atoms with Gasteiger partial charge in [-0.3, -0.25) is 4.90 Å². The first kappa shape index (κ1) is 15.4. The van der Waals surface area contributed by atoms with Crippen molar-refractivity contribution in [2.45, 2.75) is 12.6 Å². The van der Waals surface area contributed by atoms with Crippen LogP contribution in [0.25, 0.3) is 0 Å². The molecule has 0 amide bonds. The molecule has 1 unspecified atom stereocenters. The second-order valence-electron chi connectivity index (χ2n) is 4.91. The third-order valence-corrected chi connectivity index (χ3v) is 3.27. The van der Waals surface area contributed by atoms with Gasteiger partial charge in [-0.1, -0.05) is 11.6 Å². The van der Waals surface area contributed by atoms with E-state index in [-0.39, 0.29) is 0 Å². The number of likely N-dealkylation sites (N-methyl/N-ethyl adjacent to an activating group) is 1. The SMILES string of the molecule is COCC(O)CN(C)Cc1cc(Cl)c2c(c1)OCCO2. The number of aliphatic hydroxyl groups excluding tert-OH is 1. The molecule has 1 aliphatic heterocycles. The average molecular weight is 302 g/mol. The molecule has 2 rings (SSSR count). The lowest BCUT2D eigenvalue weighted by Gasteiger charge is -2.23. The van der Waals surface area contributed by atoms with E-state index in [1.165, 1.54) is 0 Å². The standard InChI is InChI=1S/C14H20ClNO4/c1-16(8-11(17)9-18-2)7-10-5-12(15)14-13(6-10)19-3-4-20-14/h5-6,11,17H,3-4,7-9H2,1-2H3. The number of hydrogen-bond donors (Lipinski definition) is 1. The predicted molar refractivity (Wildman–Crippen MR) is 76.7 cm³/mol. The van der Waals surface area contributed by atoms with Crippen molar-refractivity contribution in [2.75, 3.05) is 40.5 Å². The second kappa shape index (κ2) is 7.13. The Bertz CT molecular complexity index is 455. The maximum absolute atomic E-state index is 9.71. The van der Waals surface area contributed by atoms with Crippen molar-refractivity contribution in [1.82, 2.24) is 4.90 Å². The van der Waals surface area contributed by atoms with Gasteiger partial charge < -0.3 is 19.3 Å². The highest BCUT2D eigenvalue weighted by Gasteiger charge is 2.17. The largest absolute Gasteiger partial charge is 0.486 e. The van der Waals surface area contributed by atoms with E-state index in [9.17, 15) is 5.11 Å². The van der Waals surface area contributed by atoms with Crippen LogP contribution < -0.4 is 9.47 Å². The van der Waals surface area contributed by atoms with Crippen molar-refractivity contribution in [2.24, 2.45) is 0 Å². The highest BCUT2D eigenvalue weighted by atomic mass is 35.5. The van der Waals surface area contributed by atoms with Gasteiger partial charge >= 0.3 is 0 Å². The van der Waals surface area contributed by atoms with Gasteiger partial charge in [0, 0.05) is 20.2 Å². The first-order chi connectivity index (χ1) is 9.60. The Kier molecular flexibility index (Phi) is 5.48. The smallest absolute Gasteiger partial charge is 0.179 e. The molecule has 1 aromatic carbocycles. The van der Waals surface area contributed by atoms with E-state index in [4.69, 9.17) is 25.8 Å². The number of benzene rings is 1. The van der Waals surface area contributed by atoms with E-state index in [2.05, 4.69) is 0 Å². The maximum Gasteiger partial charge on any atom is 0.179 e. The molecule has 1 aromatic rings. The number of rotatable bonds is 6. The zero-order chi connectivity index (χ0) is 14.5. The molecular formula is C14H20ClNO4. The molecule has 0 saturated heterocycles. The number of aliphatic hydroxyl groups is 1. The predicted octanol–water partition coefficient (Wildman–Crippen LogP) is 1.55. The van der Waals surface area contributed by atoms with E-state index < -0.39 is 6.10 Å². The zero-order valence-corrected chi connectivity index (χ0v) is 12.5. The monoisotopic (exact) mass is 301 g/mol. The van der Waals surface area contributed by atoms with Gasteiger partial charge in [0.15, 0.2) is 11.5 Å². The molecular weight excluding hydrogens is 282 g/mol. The number of halogens is 1. The third-order valence-electron chi connectivity index (χ3n) is 2.99. The minimum Gasteiger partial charge on any atom is -0.486 e. The molecule has 1 heterocycles. The van der Waals surface area contributed by atoms with Gasteiger partial charge in [-0.2, -0.15) is 0 Å². The Morgan fingerprint density at radius 3 is 2.90 bits per heavy atom. The van der Waals surface area contributed by atoms with Gasteiger partial charge in [0.2, 0.25) is 0 Å². The lowest BCUT2D eigenvalue weighted by atomic mass is 10.1. The summed E-state index contributed by atoms with van der Waals surface area (Å²) in [5.74, 6) is 1.30. The summed E-state index contributed by atoms with van der Waals surface area (Å²) in [5.41, 5.74) is 1.02. The van der Waals surface area contributed by atoms with Crippen LogP contribution >= 0.6 is 11.6 Å². The number of ether oxygens (including phenoxy) is 3. The van der Waals surface area contributed by atoms with Crippen molar-refractivity contribution >= 4 is 11.6 Å². The van der Waals surface area contributed by atoms with Crippen molar-refractivity contribution in [3.05, 3.63) is 22.7 Å². The Morgan fingerprint density at radius 1 is 1.40 bits per heavy atom. The minimum atomic E-state index is -0.502. The number of hydrogen-bond acceptors (Lipinski definition) is 5. The molecule has 112 valence electrons. The summed E-state index contributed by atoms with van der Waals surface area (Å²) < 4.78 is 15.9. The lowest BCUT2D eigenvalue weighted by Crippen LogP contribution is -2.31. The van der Waals surface area contributed by atoms with E-state index in [0.29, 0.717) is 49.4 Å². The summed E-state index contributed by atoms with van der Waals surface area (Å²) in [6, 6.07) is 3.80. The first-order valence-electron chi connectivity index (χ1n) is 6.53. The molecule has 0 spiro atoms. The number of fused-ring (bicyclic) bond motifs is 1. The Morgan fingerprint density at radius 2 is 2.15 bits per heavy atom. The van der Waals surface area contributed by atoms with Gasteiger partial charge in [-0.05, 0) is 24.7 Å². The van der Waals surface area contributed by atoms with Crippen LogP contribution in [0.2, 0.25) is 5.02 Å². The van der Waals surface area contributed by atoms with Gasteiger partial charge in [-0.15, -0.1) is 0 Å². The molecule has 0 radical (unpaired) electrons. The fourth-order valence-corrected chi connectivity index (χ4v) is 2.52. The van der Waals surface area contributed by atoms with Crippen molar-refractivity contribution in [3.8, 4) is 11.5 Å². The summed E-state index contributed by atoms with van der Waals surface area (Å²) in [6.45, 7) is 2.58. The van der Waals surface area contributed by atoms with E-state index in [0.717, 1.165) is 5.56 Å². The van der Waals surface area contributed by atoms with Crippen LogP contribution in [0.3, 0.4) is 0 Å².